The van der Waals surface area contributed by atoms with E-state index >= 15 is 0 Å². The standard InChI is InChI=1S/C26H24O/c1-17-21-15-19(27-3)13-14-24(21)26(2)23-12-8-7-11-20(23)22(16-25(17)26)18-9-5-4-6-10-18/h4-17,25H,1-3H3/t17-,25+,26-/m1/s1. The second-order valence-corrected chi connectivity index (χ2v) is 7.96. The Morgan fingerprint density at radius 3 is 2.37 bits per heavy atom. The van der Waals surface area contributed by atoms with Crippen LogP contribution in [-0.2, 0) is 5.41 Å². The van der Waals surface area contributed by atoms with Gasteiger partial charge in [-0.1, -0.05) is 80.6 Å². The summed E-state index contributed by atoms with van der Waals surface area (Å²) in [6, 6.07) is 26.4. The second kappa shape index (κ2) is 5.85. The lowest BCUT2D eigenvalue weighted by Crippen LogP contribution is -2.33. The summed E-state index contributed by atoms with van der Waals surface area (Å²) in [7, 11) is 1.75. The highest BCUT2D eigenvalue weighted by molar-refractivity contribution is 5.85. The summed E-state index contributed by atoms with van der Waals surface area (Å²) in [5.41, 5.74) is 8.31. The van der Waals surface area contributed by atoms with E-state index in [1.54, 1.807) is 7.11 Å². The van der Waals surface area contributed by atoms with Crippen molar-refractivity contribution in [3.63, 3.8) is 0 Å². The Kier molecular flexibility index (Phi) is 3.55. The highest BCUT2D eigenvalue weighted by Gasteiger charge is 2.50. The molecule has 5 rings (SSSR count). The first-order valence-corrected chi connectivity index (χ1v) is 9.70. The van der Waals surface area contributed by atoms with Crippen molar-refractivity contribution in [2.45, 2.75) is 25.2 Å². The number of fused-ring (bicyclic) bond motifs is 5. The minimum absolute atomic E-state index is 0.00407. The Hall–Kier alpha value is -2.80. The molecular formula is C26H24O. The minimum Gasteiger partial charge on any atom is -0.497 e. The predicted octanol–water partition coefficient (Wildman–Crippen LogP) is 6.18. The zero-order valence-corrected chi connectivity index (χ0v) is 16.1. The quantitative estimate of drug-likeness (QED) is 0.535. The molecule has 0 fully saturated rings. The number of methoxy groups -OCH3 is 1. The summed E-state index contributed by atoms with van der Waals surface area (Å²) in [5.74, 6) is 1.83. The van der Waals surface area contributed by atoms with Gasteiger partial charge in [0.1, 0.15) is 5.75 Å². The molecule has 0 saturated heterocycles. The third-order valence-electron chi connectivity index (χ3n) is 6.72. The molecule has 0 radical (unpaired) electrons. The lowest BCUT2D eigenvalue weighted by molar-refractivity contribution is 0.405. The Labute approximate surface area is 161 Å². The number of allylic oxidation sites excluding steroid dienone is 1. The normalized spacial score (nSPS) is 25.2. The van der Waals surface area contributed by atoms with Crippen molar-refractivity contribution >= 4 is 5.57 Å². The van der Waals surface area contributed by atoms with Gasteiger partial charge in [-0.25, -0.2) is 0 Å². The van der Waals surface area contributed by atoms with Gasteiger partial charge in [0.05, 0.1) is 7.11 Å². The average Bonchev–Trinajstić information content (AvgIpc) is 2.95. The third kappa shape index (κ3) is 2.18. The van der Waals surface area contributed by atoms with Crippen molar-refractivity contribution < 1.29 is 4.74 Å². The van der Waals surface area contributed by atoms with Crippen LogP contribution in [0.15, 0.2) is 78.9 Å². The van der Waals surface area contributed by atoms with Gasteiger partial charge in [0.25, 0.3) is 0 Å². The van der Waals surface area contributed by atoms with Gasteiger partial charge >= 0.3 is 0 Å². The van der Waals surface area contributed by atoms with Crippen LogP contribution < -0.4 is 4.74 Å². The Balaban J connectivity index is 1.79. The molecule has 0 aromatic heterocycles. The van der Waals surface area contributed by atoms with E-state index in [1.807, 2.05) is 0 Å². The molecule has 134 valence electrons. The minimum atomic E-state index is -0.00407. The van der Waals surface area contributed by atoms with Gasteiger partial charge in [-0.15, -0.1) is 0 Å². The topological polar surface area (TPSA) is 9.23 Å². The fourth-order valence-corrected chi connectivity index (χ4v) is 5.34. The number of benzene rings is 3. The van der Waals surface area contributed by atoms with E-state index in [-0.39, 0.29) is 5.41 Å². The van der Waals surface area contributed by atoms with Gasteiger partial charge in [-0.05, 0) is 57.4 Å². The smallest absolute Gasteiger partial charge is 0.119 e. The van der Waals surface area contributed by atoms with E-state index in [0.29, 0.717) is 11.8 Å². The van der Waals surface area contributed by atoms with Crippen molar-refractivity contribution in [3.8, 4) is 5.75 Å². The van der Waals surface area contributed by atoms with E-state index in [4.69, 9.17) is 4.74 Å². The lowest BCUT2D eigenvalue weighted by atomic mass is 9.63. The van der Waals surface area contributed by atoms with Crippen molar-refractivity contribution in [2.24, 2.45) is 5.92 Å². The molecule has 0 spiro atoms. The molecular weight excluding hydrogens is 328 g/mol. The molecule has 0 saturated carbocycles. The zero-order valence-electron chi connectivity index (χ0n) is 16.1. The molecule has 0 amide bonds. The van der Waals surface area contributed by atoms with Crippen LogP contribution in [-0.4, -0.2) is 7.11 Å². The van der Waals surface area contributed by atoms with E-state index < -0.39 is 0 Å². The van der Waals surface area contributed by atoms with Crippen LogP contribution in [0.5, 0.6) is 5.75 Å². The molecule has 1 nitrogen and oxygen atoms in total. The number of rotatable bonds is 2. The number of ether oxygens (including phenoxy) is 1. The van der Waals surface area contributed by atoms with Crippen LogP contribution in [0.25, 0.3) is 5.57 Å². The van der Waals surface area contributed by atoms with Crippen LogP contribution in [0.3, 0.4) is 0 Å². The molecule has 0 bridgehead atoms. The van der Waals surface area contributed by atoms with Crippen LogP contribution in [0.4, 0.5) is 0 Å². The predicted molar refractivity (Wildman–Crippen MR) is 111 cm³/mol. The highest BCUT2D eigenvalue weighted by Crippen LogP contribution is 2.59. The fraction of sp³-hybridized carbons (Fsp3) is 0.231. The molecule has 0 unspecified atom stereocenters. The van der Waals surface area contributed by atoms with Crippen LogP contribution in [0, 0.1) is 5.92 Å². The van der Waals surface area contributed by atoms with Gasteiger partial charge in [0.15, 0.2) is 0 Å². The van der Waals surface area contributed by atoms with Crippen molar-refractivity contribution in [3.05, 3.63) is 107 Å². The van der Waals surface area contributed by atoms with Gasteiger partial charge in [-0.2, -0.15) is 0 Å². The monoisotopic (exact) mass is 352 g/mol. The highest BCUT2D eigenvalue weighted by atomic mass is 16.5. The van der Waals surface area contributed by atoms with E-state index in [2.05, 4.69) is 92.7 Å². The molecule has 0 heterocycles. The van der Waals surface area contributed by atoms with Gasteiger partial charge in [0.2, 0.25) is 0 Å². The van der Waals surface area contributed by atoms with Gasteiger partial charge < -0.3 is 4.74 Å². The van der Waals surface area contributed by atoms with Crippen molar-refractivity contribution in [1.29, 1.82) is 0 Å². The Morgan fingerprint density at radius 1 is 0.852 bits per heavy atom. The molecule has 27 heavy (non-hydrogen) atoms. The average molecular weight is 352 g/mol. The largest absolute Gasteiger partial charge is 0.497 e. The molecule has 3 aromatic carbocycles. The lowest BCUT2D eigenvalue weighted by Gasteiger charge is -2.39. The Morgan fingerprint density at radius 2 is 1.59 bits per heavy atom. The zero-order chi connectivity index (χ0) is 18.6. The second-order valence-electron chi connectivity index (χ2n) is 7.96. The molecule has 1 heteroatoms. The van der Waals surface area contributed by atoms with Gasteiger partial charge in [-0.3, -0.25) is 0 Å². The van der Waals surface area contributed by atoms with E-state index in [1.165, 1.54) is 33.4 Å². The number of hydrogen-bond donors (Lipinski definition) is 0. The summed E-state index contributed by atoms with van der Waals surface area (Å²) in [4.78, 5) is 0. The number of hydrogen-bond acceptors (Lipinski definition) is 1. The first kappa shape index (κ1) is 16.4. The Bertz CT molecular complexity index is 1050. The van der Waals surface area contributed by atoms with E-state index in [9.17, 15) is 0 Å². The maximum Gasteiger partial charge on any atom is 0.119 e. The molecule has 3 atom stereocenters. The van der Waals surface area contributed by atoms with Crippen LogP contribution >= 0.6 is 0 Å². The first-order chi connectivity index (χ1) is 13.1. The maximum atomic E-state index is 5.52. The van der Waals surface area contributed by atoms with Crippen LogP contribution in [0.1, 0.15) is 47.6 Å². The molecule has 0 aliphatic heterocycles. The SMILES string of the molecule is COc1ccc2c(c1)[C@@H](C)[C@@H]1C=C(c3ccccc3)c3ccccc3[C@]21C. The molecule has 2 aliphatic rings. The van der Waals surface area contributed by atoms with Crippen molar-refractivity contribution in [1.82, 2.24) is 0 Å². The maximum absolute atomic E-state index is 5.52. The summed E-state index contributed by atoms with van der Waals surface area (Å²) >= 11 is 0. The molecule has 0 N–H and O–H groups in total. The van der Waals surface area contributed by atoms with Crippen molar-refractivity contribution in [2.75, 3.05) is 7.11 Å². The summed E-state index contributed by atoms with van der Waals surface area (Å²) in [6.45, 7) is 4.78. The third-order valence-corrected chi connectivity index (χ3v) is 6.72. The first-order valence-electron chi connectivity index (χ1n) is 9.70. The van der Waals surface area contributed by atoms with E-state index in [0.717, 1.165) is 5.75 Å². The summed E-state index contributed by atoms with van der Waals surface area (Å²) in [5, 5.41) is 0. The molecule has 2 aliphatic carbocycles. The summed E-state index contributed by atoms with van der Waals surface area (Å²) in [6.07, 6.45) is 2.52. The fourth-order valence-electron chi connectivity index (χ4n) is 5.34. The molecule has 3 aromatic rings. The van der Waals surface area contributed by atoms with Gasteiger partial charge in [0, 0.05) is 5.41 Å². The summed E-state index contributed by atoms with van der Waals surface area (Å²) < 4.78 is 5.52. The van der Waals surface area contributed by atoms with Crippen LogP contribution in [0.2, 0.25) is 0 Å².